The highest BCUT2D eigenvalue weighted by atomic mass is 35.5. The number of halogens is 1. The van der Waals surface area contributed by atoms with Gasteiger partial charge in [-0.3, -0.25) is 4.79 Å². The standard InChI is InChI=1S/C38H34ClN3O5S/c39-34-19-18-31(48(45,46)41-21-20-27-12-7-8-15-30(27)24-41)23-33(34)38(44)47-25-35(43)42-37(28-13-5-2-6-14-28)32-17-9-16-29(36(32)40-42)22-26-10-3-1-4-11-26/h1-8,10-15,18-19,22-23,32,37H,9,16-17,20-21,24-25H2/b29-22-/t32-,37-/m0/s1. The van der Waals surface area contributed by atoms with Crippen LogP contribution >= 0.6 is 11.6 Å². The van der Waals surface area contributed by atoms with Crippen LogP contribution in [0.15, 0.2) is 119 Å². The Bertz CT molecular complexity index is 2030. The molecule has 4 aromatic carbocycles. The summed E-state index contributed by atoms with van der Waals surface area (Å²) in [5.74, 6) is -1.38. The highest BCUT2D eigenvalue weighted by Gasteiger charge is 2.44. The topological polar surface area (TPSA) is 96.4 Å². The Labute approximate surface area is 285 Å². The van der Waals surface area contributed by atoms with E-state index >= 15 is 0 Å². The number of allylic oxidation sites excluding steroid dienone is 1. The molecule has 0 bridgehead atoms. The van der Waals surface area contributed by atoms with Gasteiger partial charge in [0, 0.05) is 19.0 Å². The van der Waals surface area contributed by atoms with Crippen molar-refractivity contribution in [1.82, 2.24) is 9.31 Å². The Kier molecular flexibility index (Phi) is 9.00. The number of benzene rings is 4. The van der Waals surface area contributed by atoms with Gasteiger partial charge in [-0.1, -0.05) is 96.5 Å². The third-order valence-electron chi connectivity index (χ3n) is 9.26. The van der Waals surface area contributed by atoms with E-state index in [0.717, 1.165) is 52.8 Å². The summed E-state index contributed by atoms with van der Waals surface area (Å²) in [4.78, 5) is 27.0. The zero-order valence-corrected chi connectivity index (χ0v) is 27.7. The predicted molar refractivity (Wildman–Crippen MR) is 185 cm³/mol. The number of fused-ring (bicyclic) bond motifs is 2. The number of carbonyl (C=O) groups excluding carboxylic acids is 2. The summed E-state index contributed by atoms with van der Waals surface area (Å²) in [6, 6.07) is 31.2. The van der Waals surface area contributed by atoms with Gasteiger partial charge < -0.3 is 4.74 Å². The molecule has 0 saturated heterocycles. The predicted octanol–water partition coefficient (Wildman–Crippen LogP) is 7.07. The van der Waals surface area contributed by atoms with Gasteiger partial charge in [0.15, 0.2) is 6.61 Å². The summed E-state index contributed by atoms with van der Waals surface area (Å²) in [6.07, 6.45) is 5.41. The van der Waals surface area contributed by atoms with Gasteiger partial charge in [0.05, 0.1) is 27.2 Å². The normalized spacial score (nSPS) is 20.1. The summed E-state index contributed by atoms with van der Waals surface area (Å²) >= 11 is 6.37. The first kappa shape index (κ1) is 32.0. The molecule has 7 rings (SSSR count). The average molecular weight is 680 g/mol. The lowest BCUT2D eigenvalue weighted by molar-refractivity contribution is -0.137. The molecule has 0 unspecified atom stereocenters. The monoisotopic (exact) mass is 679 g/mol. The van der Waals surface area contributed by atoms with Crippen molar-refractivity contribution in [3.8, 4) is 0 Å². The fourth-order valence-corrected chi connectivity index (χ4v) is 8.50. The van der Waals surface area contributed by atoms with Crippen LogP contribution < -0.4 is 0 Å². The van der Waals surface area contributed by atoms with Crippen molar-refractivity contribution in [2.45, 2.75) is 43.2 Å². The summed E-state index contributed by atoms with van der Waals surface area (Å²) in [7, 11) is -3.93. The maximum atomic E-state index is 13.8. The summed E-state index contributed by atoms with van der Waals surface area (Å²) in [5, 5.41) is 6.33. The minimum atomic E-state index is -3.93. The van der Waals surface area contributed by atoms with Gasteiger partial charge in [-0.2, -0.15) is 9.41 Å². The van der Waals surface area contributed by atoms with E-state index in [1.54, 1.807) is 0 Å². The smallest absolute Gasteiger partial charge is 0.340 e. The molecule has 8 nitrogen and oxygen atoms in total. The highest BCUT2D eigenvalue weighted by molar-refractivity contribution is 7.89. The molecule has 1 saturated carbocycles. The Balaban J connectivity index is 1.11. The lowest BCUT2D eigenvalue weighted by Crippen LogP contribution is -2.36. The van der Waals surface area contributed by atoms with E-state index in [4.69, 9.17) is 21.4 Å². The molecule has 0 aromatic heterocycles. The van der Waals surface area contributed by atoms with Gasteiger partial charge in [-0.15, -0.1) is 0 Å². The minimum Gasteiger partial charge on any atom is -0.452 e. The molecule has 2 heterocycles. The van der Waals surface area contributed by atoms with E-state index in [-0.39, 0.29) is 34.0 Å². The van der Waals surface area contributed by atoms with E-state index < -0.39 is 28.5 Å². The molecule has 0 N–H and O–H groups in total. The van der Waals surface area contributed by atoms with Crippen LogP contribution in [-0.2, 0) is 32.5 Å². The van der Waals surface area contributed by atoms with Crippen LogP contribution in [0.1, 0.15) is 57.9 Å². The molecule has 2 atom stereocenters. The second-order valence-electron chi connectivity index (χ2n) is 12.2. The first-order valence-electron chi connectivity index (χ1n) is 16.0. The third-order valence-corrected chi connectivity index (χ3v) is 11.4. The number of hydrazone groups is 1. The van der Waals surface area contributed by atoms with Gasteiger partial charge in [0.25, 0.3) is 5.91 Å². The van der Waals surface area contributed by atoms with Gasteiger partial charge in [0.2, 0.25) is 10.0 Å². The molecule has 244 valence electrons. The van der Waals surface area contributed by atoms with Crippen molar-refractivity contribution >= 4 is 45.3 Å². The van der Waals surface area contributed by atoms with Crippen molar-refractivity contribution in [3.63, 3.8) is 0 Å². The third kappa shape index (κ3) is 6.33. The Hall–Kier alpha value is -4.57. The van der Waals surface area contributed by atoms with E-state index in [0.29, 0.717) is 13.0 Å². The zero-order valence-electron chi connectivity index (χ0n) is 26.2. The molecule has 1 amide bonds. The molecule has 1 fully saturated rings. The van der Waals surface area contributed by atoms with E-state index in [1.165, 1.54) is 27.5 Å². The maximum Gasteiger partial charge on any atom is 0.340 e. The SMILES string of the molecule is O=C(OCC(=O)N1N=C2/C(=C\c3ccccc3)CCC[C@@H]2[C@@H]1c1ccccc1)c1cc(S(=O)(=O)N2CCc3ccccc3C2)ccc1Cl. The number of hydrogen-bond donors (Lipinski definition) is 0. The lowest BCUT2D eigenvalue weighted by atomic mass is 9.77. The quantitative estimate of drug-likeness (QED) is 0.195. The largest absolute Gasteiger partial charge is 0.452 e. The highest BCUT2D eigenvalue weighted by Crippen LogP contribution is 2.44. The van der Waals surface area contributed by atoms with E-state index in [1.807, 2.05) is 84.9 Å². The molecular formula is C38H34ClN3O5S. The van der Waals surface area contributed by atoms with Crippen LogP contribution in [0.2, 0.25) is 5.02 Å². The van der Waals surface area contributed by atoms with Gasteiger partial charge in [-0.25, -0.2) is 18.2 Å². The summed E-state index contributed by atoms with van der Waals surface area (Å²) in [5.41, 5.74) is 5.92. The number of hydrogen-bond acceptors (Lipinski definition) is 6. The van der Waals surface area contributed by atoms with E-state index in [2.05, 4.69) is 6.08 Å². The van der Waals surface area contributed by atoms with Crippen LogP contribution in [0.4, 0.5) is 0 Å². The van der Waals surface area contributed by atoms with Gasteiger partial charge in [0.1, 0.15) is 0 Å². The van der Waals surface area contributed by atoms with Crippen molar-refractivity contribution in [2.75, 3.05) is 13.2 Å². The molecule has 0 radical (unpaired) electrons. The Morgan fingerprint density at radius 1 is 0.896 bits per heavy atom. The molecule has 10 heteroatoms. The number of rotatable bonds is 7. The van der Waals surface area contributed by atoms with Crippen molar-refractivity contribution in [1.29, 1.82) is 0 Å². The molecular weight excluding hydrogens is 646 g/mol. The fourth-order valence-electron chi connectivity index (χ4n) is 6.86. The molecule has 4 aromatic rings. The minimum absolute atomic E-state index is 0.00570. The summed E-state index contributed by atoms with van der Waals surface area (Å²) < 4.78 is 34.1. The van der Waals surface area contributed by atoms with Crippen LogP contribution in [0.3, 0.4) is 0 Å². The zero-order chi connectivity index (χ0) is 33.3. The number of ether oxygens (including phenoxy) is 1. The molecule has 2 aliphatic heterocycles. The second-order valence-corrected chi connectivity index (χ2v) is 14.6. The fraction of sp³-hybridized carbons (Fsp3) is 0.237. The number of sulfonamides is 1. The van der Waals surface area contributed by atoms with Gasteiger partial charge in [-0.05, 0) is 77.8 Å². The number of esters is 1. The molecule has 0 spiro atoms. The Morgan fingerprint density at radius 3 is 2.38 bits per heavy atom. The number of nitrogens with zero attached hydrogens (tertiary/aromatic N) is 3. The first-order valence-corrected chi connectivity index (χ1v) is 17.9. The second kappa shape index (κ2) is 13.5. The molecule has 1 aliphatic carbocycles. The van der Waals surface area contributed by atoms with Gasteiger partial charge >= 0.3 is 5.97 Å². The van der Waals surface area contributed by atoms with E-state index in [9.17, 15) is 18.0 Å². The molecule has 3 aliphatic rings. The number of amides is 1. The van der Waals surface area contributed by atoms with Crippen molar-refractivity contribution in [2.24, 2.45) is 11.0 Å². The Morgan fingerprint density at radius 2 is 1.60 bits per heavy atom. The number of carbonyl (C=O) groups is 2. The van der Waals surface area contributed by atoms with Crippen LogP contribution in [0.25, 0.3) is 6.08 Å². The van der Waals surface area contributed by atoms with Crippen LogP contribution in [-0.4, -0.2) is 48.5 Å². The summed E-state index contributed by atoms with van der Waals surface area (Å²) in [6.45, 7) is -0.0282. The van der Waals surface area contributed by atoms with Crippen molar-refractivity contribution in [3.05, 3.63) is 142 Å². The molecule has 48 heavy (non-hydrogen) atoms. The van der Waals surface area contributed by atoms with Crippen molar-refractivity contribution < 1.29 is 22.7 Å². The average Bonchev–Trinajstić information content (AvgIpc) is 3.52. The maximum absolute atomic E-state index is 13.8. The van der Waals surface area contributed by atoms with Crippen LogP contribution in [0, 0.1) is 5.92 Å². The first-order chi connectivity index (χ1) is 23.3. The van der Waals surface area contributed by atoms with Crippen LogP contribution in [0.5, 0.6) is 0 Å². The lowest BCUT2D eigenvalue weighted by Gasteiger charge is -2.29.